The summed E-state index contributed by atoms with van der Waals surface area (Å²) < 4.78 is 10.3. The Labute approximate surface area is 111 Å². The monoisotopic (exact) mass is 263 g/mol. The van der Waals surface area contributed by atoms with Gasteiger partial charge in [0.1, 0.15) is 11.4 Å². The van der Waals surface area contributed by atoms with Gasteiger partial charge in [0.2, 0.25) is 5.95 Å². The molecule has 1 aromatic heterocycles. The average molecular weight is 263 g/mol. The molecule has 19 heavy (non-hydrogen) atoms. The average Bonchev–Trinajstić information content (AvgIpc) is 2.66. The number of nitrogens with zero attached hydrogens (tertiary/aromatic N) is 1. The number of anilines is 1. The minimum absolute atomic E-state index is 0.345. The first kappa shape index (κ1) is 13.2. The highest BCUT2D eigenvalue weighted by molar-refractivity contribution is 5.86. The zero-order chi connectivity index (χ0) is 14.0. The summed E-state index contributed by atoms with van der Waals surface area (Å²) in [5.41, 5.74) is 0.983. The molecule has 2 aromatic rings. The Bertz CT molecular complexity index is 599. The minimum Gasteiger partial charge on any atom is -0.497 e. The van der Waals surface area contributed by atoms with Crippen LogP contribution < -0.4 is 10.1 Å². The van der Waals surface area contributed by atoms with E-state index in [0.717, 1.165) is 16.8 Å². The summed E-state index contributed by atoms with van der Waals surface area (Å²) in [5.74, 6) is 1.07. The third-order valence-electron chi connectivity index (χ3n) is 2.31. The molecule has 0 atom stereocenters. The van der Waals surface area contributed by atoms with E-state index in [9.17, 15) is 4.79 Å². The van der Waals surface area contributed by atoms with Crippen molar-refractivity contribution < 1.29 is 14.3 Å². The van der Waals surface area contributed by atoms with Gasteiger partial charge in [0.15, 0.2) is 0 Å². The van der Waals surface area contributed by atoms with Crippen LogP contribution in [0.1, 0.15) is 20.8 Å². The van der Waals surface area contributed by atoms with Crippen LogP contribution in [0.2, 0.25) is 0 Å². The molecular formula is C13H17N3O3. The number of nitrogens with one attached hydrogen (secondary N) is 2. The molecule has 0 bridgehead atoms. The molecule has 1 amide bonds. The lowest BCUT2D eigenvalue weighted by molar-refractivity contribution is 0.0635. The smallest absolute Gasteiger partial charge is 0.414 e. The van der Waals surface area contributed by atoms with Gasteiger partial charge in [-0.1, -0.05) is 0 Å². The van der Waals surface area contributed by atoms with E-state index in [1.165, 1.54) is 0 Å². The first-order valence-corrected chi connectivity index (χ1v) is 5.91. The van der Waals surface area contributed by atoms with Crippen LogP contribution in [0.5, 0.6) is 5.75 Å². The van der Waals surface area contributed by atoms with Crippen LogP contribution in [0, 0.1) is 0 Å². The van der Waals surface area contributed by atoms with Crippen molar-refractivity contribution in [3.05, 3.63) is 18.2 Å². The van der Waals surface area contributed by atoms with Crippen LogP contribution in [-0.4, -0.2) is 28.8 Å². The van der Waals surface area contributed by atoms with Crippen molar-refractivity contribution in [1.82, 2.24) is 9.97 Å². The number of rotatable bonds is 2. The third kappa shape index (κ3) is 3.37. The second-order valence-corrected chi connectivity index (χ2v) is 5.10. The SMILES string of the molecule is COc1ccc2nc(NC(=O)OC(C)(C)C)[nH]c2c1. The number of hydrogen-bond acceptors (Lipinski definition) is 4. The molecule has 0 spiro atoms. The fourth-order valence-electron chi connectivity index (χ4n) is 1.58. The number of carbonyl (C=O) groups is 1. The zero-order valence-corrected chi connectivity index (χ0v) is 11.4. The number of benzene rings is 1. The lowest BCUT2D eigenvalue weighted by Crippen LogP contribution is -2.27. The van der Waals surface area contributed by atoms with Crippen LogP contribution in [-0.2, 0) is 4.74 Å². The van der Waals surface area contributed by atoms with Gasteiger partial charge in [0, 0.05) is 6.07 Å². The van der Waals surface area contributed by atoms with Crippen molar-refractivity contribution >= 4 is 23.1 Å². The summed E-state index contributed by atoms with van der Waals surface area (Å²) in [6.07, 6.45) is -0.543. The minimum atomic E-state index is -0.543. The second-order valence-electron chi connectivity index (χ2n) is 5.10. The normalized spacial score (nSPS) is 11.4. The topological polar surface area (TPSA) is 76.2 Å². The number of amides is 1. The first-order chi connectivity index (χ1) is 8.87. The Morgan fingerprint density at radius 2 is 2.11 bits per heavy atom. The van der Waals surface area contributed by atoms with Crippen LogP contribution in [0.25, 0.3) is 11.0 Å². The second kappa shape index (κ2) is 4.79. The van der Waals surface area contributed by atoms with E-state index >= 15 is 0 Å². The van der Waals surface area contributed by atoms with Gasteiger partial charge in [0.25, 0.3) is 0 Å². The summed E-state index contributed by atoms with van der Waals surface area (Å²) in [6.45, 7) is 5.41. The maximum Gasteiger partial charge on any atom is 0.414 e. The molecule has 0 saturated carbocycles. The molecule has 1 aromatic carbocycles. The van der Waals surface area contributed by atoms with E-state index in [1.54, 1.807) is 33.9 Å². The predicted molar refractivity (Wildman–Crippen MR) is 72.5 cm³/mol. The Kier molecular flexibility index (Phi) is 3.33. The van der Waals surface area contributed by atoms with Gasteiger partial charge in [0.05, 0.1) is 18.1 Å². The van der Waals surface area contributed by atoms with E-state index in [4.69, 9.17) is 9.47 Å². The molecular weight excluding hydrogens is 246 g/mol. The molecule has 1 heterocycles. The van der Waals surface area contributed by atoms with E-state index in [0.29, 0.717) is 5.95 Å². The molecule has 6 heteroatoms. The Morgan fingerprint density at radius 3 is 2.74 bits per heavy atom. The molecule has 0 aliphatic carbocycles. The van der Waals surface area contributed by atoms with Crippen molar-refractivity contribution in [3.8, 4) is 5.75 Å². The fraction of sp³-hybridized carbons (Fsp3) is 0.385. The van der Waals surface area contributed by atoms with E-state index in [2.05, 4.69) is 15.3 Å². The number of ether oxygens (including phenoxy) is 2. The number of imidazole rings is 1. The van der Waals surface area contributed by atoms with Crippen LogP contribution >= 0.6 is 0 Å². The van der Waals surface area contributed by atoms with Crippen molar-refractivity contribution in [2.75, 3.05) is 12.4 Å². The van der Waals surface area contributed by atoms with Gasteiger partial charge in [-0.3, -0.25) is 5.32 Å². The van der Waals surface area contributed by atoms with Gasteiger partial charge in [-0.25, -0.2) is 9.78 Å². The Hall–Kier alpha value is -2.24. The molecule has 2 rings (SSSR count). The highest BCUT2D eigenvalue weighted by atomic mass is 16.6. The lowest BCUT2D eigenvalue weighted by atomic mass is 10.2. The quantitative estimate of drug-likeness (QED) is 0.873. The first-order valence-electron chi connectivity index (χ1n) is 5.91. The molecule has 0 aliphatic heterocycles. The van der Waals surface area contributed by atoms with Crippen molar-refractivity contribution in [2.45, 2.75) is 26.4 Å². The summed E-state index contributed by atoms with van der Waals surface area (Å²) in [6, 6.07) is 5.42. The number of H-pyrrole nitrogens is 1. The molecule has 0 radical (unpaired) electrons. The summed E-state index contributed by atoms with van der Waals surface area (Å²) in [5, 5.41) is 2.56. The number of fused-ring (bicyclic) bond motifs is 1. The van der Waals surface area contributed by atoms with Crippen LogP contribution in [0.3, 0.4) is 0 Å². The summed E-state index contributed by atoms with van der Waals surface area (Å²) in [7, 11) is 1.59. The number of aromatic amines is 1. The third-order valence-corrected chi connectivity index (χ3v) is 2.31. The maximum atomic E-state index is 11.6. The van der Waals surface area contributed by atoms with Crippen molar-refractivity contribution in [2.24, 2.45) is 0 Å². The van der Waals surface area contributed by atoms with Gasteiger partial charge in [-0.15, -0.1) is 0 Å². The van der Waals surface area contributed by atoms with E-state index in [1.807, 2.05) is 12.1 Å². The zero-order valence-electron chi connectivity index (χ0n) is 11.4. The summed E-state index contributed by atoms with van der Waals surface area (Å²) >= 11 is 0. The van der Waals surface area contributed by atoms with E-state index in [-0.39, 0.29) is 0 Å². The van der Waals surface area contributed by atoms with Gasteiger partial charge in [-0.2, -0.15) is 0 Å². The van der Waals surface area contributed by atoms with Crippen molar-refractivity contribution in [3.63, 3.8) is 0 Å². The molecule has 6 nitrogen and oxygen atoms in total. The molecule has 0 aliphatic rings. The van der Waals surface area contributed by atoms with Gasteiger partial charge < -0.3 is 14.5 Å². The maximum absolute atomic E-state index is 11.6. The molecule has 0 fully saturated rings. The Balaban J connectivity index is 2.15. The van der Waals surface area contributed by atoms with Crippen molar-refractivity contribution in [1.29, 1.82) is 0 Å². The molecule has 0 saturated heterocycles. The van der Waals surface area contributed by atoms with Gasteiger partial charge in [-0.05, 0) is 32.9 Å². The molecule has 2 N–H and O–H groups in total. The molecule has 0 unspecified atom stereocenters. The summed E-state index contributed by atoms with van der Waals surface area (Å²) in [4.78, 5) is 18.8. The number of methoxy groups -OCH3 is 1. The highest BCUT2D eigenvalue weighted by Gasteiger charge is 2.17. The van der Waals surface area contributed by atoms with Crippen LogP contribution in [0.15, 0.2) is 18.2 Å². The predicted octanol–water partition coefficient (Wildman–Crippen LogP) is 2.92. The molecule has 102 valence electrons. The number of hydrogen-bond donors (Lipinski definition) is 2. The van der Waals surface area contributed by atoms with E-state index < -0.39 is 11.7 Å². The number of aromatic nitrogens is 2. The lowest BCUT2D eigenvalue weighted by Gasteiger charge is -2.18. The standard InChI is InChI=1S/C13H17N3O3/c1-13(2,3)19-12(17)16-11-14-9-6-5-8(18-4)7-10(9)15-11/h5-7H,1-4H3,(H2,14,15,16,17). The highest BCUT2D eigenvalue weighted by Crippen LogP contribution is 2.20. The fourth-order valence-corrected chi connectivity index (χ4v) is 1.58. The Morgan fingerprint density at radius 1 is 1.37 bits per heavy atom. The number of carbonyl (C=O) groups excluding carboxylic acids is 1. The van der Waals surface area contributed by atoms with Crippen LogP contribution in [0.4, 0.5) is 10.7 Å². The largest absolute Gasteiger partial charge is 0.497 e. The van der Waals surface area contributed by atoms with Gasteiger partial charge >= 0.3 is 6.09 Å².